The molecule has 0 heterocycles. The first-order valence-electron chi connectivity index (χ1n) is 5.65. The highest BCUT2D eigenvalue weighted by Gasteiger charge is 2.10. The average molecular weight is 316 g/mol. The summed E-state index contributed by atoms with van der Waals surface area (Å²) in [5.41, 5.74) is 6.48. The number of rotatable bonds is 3. The molecule has 0 aliphatic carbocycles. The Bertz CT molecular complexity index is 602. The predicted octanol–water partition coefficient (Wildman–Crippen LogP) is 5.30. The molecule has 0 saturated carbocycles. The van der Waals surface area contributed by atoms with E-state index in [1.54, 1.807) is 24.3 Å². The van der Waals surface area contributed by atoms with Gasteiger partial charge in [0.05, 0.1) is 5.02 Å². The van der Waals surface area contributed by atoms with E-state index >= 15 is 0 Å². The van der Waals surface area contributed by atoms with Crippen molar-refractivity contribution in [3.63, 3.8) is 0 Å². The standard InChI is InChI=1S/C14H12Cl2FNS/c1-8(18)9-2-5-13(12(17)6-9)19-14-7-10(15)3-4-11(14)16/h2-8H,18H2,1H3/t8-/m1/s1. The maximum absolute atomic E-state index is 14.0. The van der Waals surface area contributed by atoms with E-state index in [0.717, 1.165) is 10.5 Å². The van der Waals surface area contributed by atoms with Crippen molar-refractivity contribution >= 4 is 35.0 Å². The fourth-order valence-electron chi connectivity index (χ4n) is 1.56. The van der Waals surface area contributed by atoms with E-state index in [1.165, 1.54) is 17.8 Å². The summed E-state index contributed by atoms with van der Waals surface area (Å²) in [7, 11) is 0. The van der Waals surface area contributed by atoms with Crippen LogP contribution in [-0.2, 0) is 0 Å². The monoisotopic (exact) mass is 315 g/mol. The molecule has 2 aromatic carbocycles. The van der Waals surface area contributed by atoms with E-state index in [2.05, 4.69) is 0 Å². The van der Waals surface area contributed by atoms with Gasteiger partial charge in [-0.1, -0.05) is 41.0 Å². The number of benzene rings is 2. The molecular formula is C14H12Cl2FNS. The molecule has 19 heavy (non-hydrogen) atoms. The Balaban J connectivity index is 2.31. The van der Waals surface area contributed by atoms with Gasteiger partial charge in [-0.15, -0.1) is 0 Å². The molecule has 0 aromatic heterocycles. The minimum absolute atomic E-state index is 0.191. The van der Waals surface area contributed by atoms with Crippen molar-refractivity contribution in [3.8, 4) is 0 Å². The SMILES string of the molecule is C[C@@H](N)c1ccc(Sc2cc(Cl)ccc2Cl)c(F)c1. The maximum atomic E-state index is 14.0. The molecule has 0 aliphatic heterocycles. The summed E-state index contributed by atoms with van der Waals surface area (Å²) in [6.45, 7) is 1.81. The third-order valence-electron chi connectivity index (χ3n) is 2.59. The Kier molecular flexibility index (Phi) is 4.74. The van der Waals surface area contributed by atoms with Gasteiger partial charge in [0.15, 0.2) is 0 Å². The van der Waals surface area contributed by atoms with Crippen LogP contribution in [0.5, 0.6) is 0 Å². The molecule has 1 nitrogen and oxygen atoms in total. The first kappa shape index (κ1) is 14.7. The quantitative estimate of drug-likeness (QED) is 0.831. The lowest BCUT2D eigenvalue weighted by atomic mass is 10.1. The molecule has 2 N–H and O–H groups in total. The third kappa shape index (κ3) is 3.63. The highest BCUT2D eigenvalue weighted by Crippen LogP contribution is 2.36. The van der Waals surface area contributed by atoms with Gasteiger partial charge in [0.2, 0.25) is 0 Å². The van der Waals surface area contributed by atoms with Gasteiger partial charge in [-0.25, -0.2) is 4.39 Å². The molecule has 0 unspecified atom stereocenters. The Labute approximate surface area is 125 Å². The normalized spacial score (nSPS) is 12.5. The average Bonchev–Trinajstić information content (AvgIpc) is 2.36. The molecule has 0 spiro atoms. The minimum atomic E-state index is -0.309. The summed E-state index contributed by atoms with van der Waals surface area (Å²) >= 11 is 13.2. The molecule has 0 radical (unpaired) electrons. The van der Waals surface area contributed by atoms with Crippen molar-refractivity contribution in [1.82, 2.24) is 0 Å². The van der Waals surface area contributed by atoms with E-state index < -0.39 is 0 Å². The first-order chi connectivity index (χ1) is 8.97. The van der Waals surface area contributed by atoms with Gasteiger partial charge in [-0.2, -0.15) is 0 Å². The highest BCUT2D eigenvalue weighted by atomic mass is 35.5. The molecular weight excluding hydrogens is 304 g/mol. The minimum Gasteiger partial charge on any atom is -0.324 e. The zero-order valence-electron chi connectivity index (χ0n) is 10.2. The molecule has 1 atom stereocenters. The molecule has 0 amide bonds. The van der Waals surface area contributed by atoms with Crippen LogP contribution in [0.3, 0.4) is 0 Å². The lowest BCUT2D eigenvalue weighted by molar-refractivity contribution is 0.596. The summed E-state index contributed by atoms with van der Waals surface area (Å²) in [6.07, 6.45) is 0. The Hall–Kier alpha value is -0.740. The fourth-order valence-corrected chi connectivity index (χ4v) is 2.91. The Morgan fingerprint density at radius 1 is 1.11 bits per heavy atom. The smallest absolute Gasteiger partial charge is 0.137 e. The molecule has 2 rings (SSSR count). The zero-order valence-corrected chi connectivity index (χ0v) is 12.5. The second-order valence-corrected chi connectivity index (χ2v) is 6.08. The molecule has 100 valence electrons. The van der Waals surface area contributed by atoms with Crippen molar-refractivity contribution in [2.75, 3.05) is 0 Å². The van der Waals surface area contributed by atoms with E-state index in [1.807, 2.05) is 13.0 Å². The van der Waals surface area contributed by atoms with Crippen LogP contribution in [0.2, 0.25) is 10.0 Å². The Morgan fingerprint density at radius 3 is 2.47 bits per heavy atom. The number of halogens is 3. The molecule has 5 heteroatoms. The molecule has 0 bridgehead atoms. The lowest BCUT2D eigenvalue weighted by Crippen LogP contribution is -2.05. The summed E-state index contributed by atoms with van der Waals surface area (Å²) in [5, 5.41) is 1.12. The molecule has 0 aliphatic rings. The second kappa shape index (κ2) is 6.14. The van der Waals surface area contributed by atoms with Gasteiger partial charge >= 0.3 is 0 Å². The van der Waals surface area contributed by atoms with Crippen molar-refractivity contribution < 1.29 is 4.39 Å². The highest BCUT2D eigenvalue weighted by molar-refractivity contribution is 7.99. The largest absolute Gasteiger partial charge is 0.324 e. The van der Waals surface area contributed by atoms with Crippen molar-refractivity contribution in [2.45, 2.75) is 22.8 Å². The van der Waals surface area contributed by atoms with Crippen LogP contribution in [0.4, 0.5) is 4.39 Å². The fraction of sp³-hybridized carbons (Fsp3) is 0.143. The molecule has 0 fully saturated rings. The first-order valence-corrected chi connectivity index (χ1v) is 7.22. The lowest BCUT2D eigenvalue weighted by Gasteiger charge is -2.09. The van der Waals surface area contributed by atoms with Crippen LogP contribution in [0, 0.1) is 5.82 Å². The van der Waals surface area contributed by atoms with Crippen LogP contribution in [-0.4, -0.2) is 0 Å². The van der Waals surface area contributed by atoms with Gasteiger partial charge < -0.3 is 5.73 Å². The summed E-state index contributed by atoms with van der Waals surface area (Å²) < 4.78 is 14.0. The van der Waals surface area contributed by atoms with Crippen LogP contribution in [0.1, 0.15) is 18.5 Å². The van der Waals surface area contributed by atoms with Gasteiger partial charge in [0, 0.05) is 20.9 Å². The van der Waals surface area contributed by atoms with Crippen molar-refractivity contribution in [3.05, 3.63) is 57.8 Å². The van der Waals surface area contributed by atoms with E-state index in [4.69, 9.17) is 28.9 Å². The summed E-state index contributed by atoms with van der Waals surface area (Å²) in [6, 6.07) is 9.89. The van der Waals surface area contributed by atoms with E-state index in [0.29, 0.717) is 14.9 Å². The third-order valence-corrected chi connectivity index (χ3v) is 4.38. The van der Waals surface area contributed by atoms with Gasteiger partial charge in [0.25, 0.3) is 0 Å². The summed E-state index contributed by atoms with van der Waals surface area (Å²) in [4.78, 5) is 1.22. The number of hydrogen-bond donors (Lipinski definition) is 1. The van der Waals surface area contributed by atoms with E-state index in [9.17, 15) is 4.39 Å². The predicted molar refractivity (Wildman–Crippen MR) is 79.6 cm³/mol. The topological polar surface area (TPSA) is 26.0 Å². The molecule has 0 saturated heterocycles. The van der Waals surface area contributed by atoms with E-state index in [-0.39, 0.29) is 11.9 Å². The van der Waals surface area contributed by atoms with Crippen molar-refractivity contribution in [2.24, 2.45) is 5.73 Å². The van der Waals surface area contributed by atoms with Gasteiger partial charge in [0.1, 0.15) is 5.82 Å². The van der Waals surface area contributed by atoms with Crippen LogP contribution in [0.15, 0.2) is 46.2 Å². The van der Waals surface area contributed by atoms with Crippen LogP contribution in [0.25, 0.3) is 0 Å². The van der Waals surface area contributed by atoms with Crippen LogP contribution >= 0.6 is 35.0 Å². The van der Waals surface area contributed by atoms with Gasteiger partial charge in [-0.05, 0) is 42.8 Å². The van der Waals surface area contributed by atoms with Crippen molar-refractivity contribution in [1.29, 1.82) is 0 Å². The Morgan fingerprint density at radius 2 is 1.84 bits per heavy atom. The zero-order chi connectivity index (χ0) is 14.0. The summed E-state index contributed by atoms with van der Waals surface area (Å²) in [5.74, 6) is -0.309. The van der Waals surface area contributed by atoms with Crippen LogP contribution < -0.4 is 5.73 Å². The number of nitrogens with two attached hydrogens (primary N) is 1. The molecule has 2 aromatic rings. The number of hydrogen-bond acceptors (Lipinski definition) is 2. The second-order valence-electron chi connectivity index (χ2n) is 4.16. The maximum Gasteiger partial charge on any atom is 0.137 e. The van der Waals surface area contributed by atoms with Gasteiger partial charge in [-0.3, -0.25) is 0 Å².